The van der Waals surface area contributed by atoms with Gasteiger partial charge in [0, 0.05) is 12.6 Å². The lowest BCUT2D eigenvalue weighted by Gasteiger charge is -2.37. The second kappa shape index (κ2) is 6.67. The van der Waals surface area contributed by atoms with Crippen LogP contribution in [-0.4, -0.2) is 44.1 Å². The number of carbonyl (C=O) groups excluding carboxylic acids is 1. The van der Waals surface area contributed by atoms with Crippen molar-refractivity contribution in [3.63, 3.8) is 0 Å². The predicted octanol–water partition coefficient (Wildman–Crippen LogP) is 2.23. The molecular weight excluding hydrogens is 350 g/mol. The number of hydrogen-bond donors (Lipinski definition) is 1. The number of hydrogen-bond acceptors (Lipinski definition) is 4. The minimum atomic E-state index is -3.02. The molecule has 0 saturated carbocycles. The molecule has 2 aromatic carbocycles. The summed E-state index contributed by atoms with van der Waals surface area (Å²) in [5.41, 5.74) is 0.403. The van der Waals surface area contributed by atoms with Gasteiger partial charge in [0.25, 0.3) is 0 Å². The highest BCUT2D eigenvalue weighted by molar-refractivity contribution is 7.91. The summed E-state index contributed by atoms with van der Waals surface area (Å²) in [5, 5.41) is 5.31. The molecule has 2 aliphatic rings. The summed E-state index contributed by atoms with van der Waals surface area (Å²) in [6, 6.07) is 14.0. The minimum Gasteiger partial charge on any atom is -0.374 e. The smallest absolute Gasteiger partial charge is 0.224 e. The Labute approximate surface area is 153 Å². The molecule has 2 heterocycles. The Kier molecular flexibility index (Phi) is 4.49. The van der Waals surface area contributed by atoms with Crippen molar-refractivity contribution in [2.45, 2.75) is 37.3 Å². The Morgan fingerprint density at radius 1 is 1.19 bits per heavy atom. The number of carbonyl (C=O) groups is 1. The maximum absolute atomic E-state index is 12.6. The highest BCUT2D eigenvalue weighted by atomic mass is 32.2. The van der Waals surface area contributed by atoms with Gasteiger partial charge in [-0.2, -0.15) is 0 Å². The number of fused-ring (bicyclic) bond motifs is 1. The van der Waals surface area contributed by atoms with Crippen LogP contribution in [0.1, 0.15) is 24.8 Å². The topological polar surface area (TPSA) is 72.5 Å². The first-order valence-corrected chi connectivity index (χ1v) is 10.9. The van der Waals surface area contributed by atoms with Gasteiger partial charge < -0.3 is 10.1 Å². The summed E-state index contributed by atoms with van der Waals surface area (Å²) in [7, 11) is -3.02. The third kappa shape index (κ3) is 3.62. The van der Waals surface area contributed by atoms with Crippen LogP contribution in [0.25, 0.3) is 10.8 Å². The molecule has 2 unspecified atom stereocenters. The van der Waals surface area contributed by atoms with Crippen molar-refractivity contribution in [3.8, 4) is 0 Å². The standard InChI is InChI=1S/C20H23NO4S/c22-19(12-16-6-3-5-15-4-1-2-7-18(15)16)21-17-8-10-25-20(13-17)9-11-26(23,24)14-20/h1-7,17H,8-14H2,(H,21,22). The number of ether oxygens (including phenoxy) is 1. The summed E-state index contributed by atoms with van der Waals surface area (Å²) >= 11 is 0. The van der Waals surface area contributed by atoms with E-state index >= 15 is 0 Å². The number of sulfone groups is 1. The fourth-order valence-corrected chi connectivity index (χ4v) is 6.19. The van der Waals surface area contributed by atoms with Gasteiger partial charge in [0.2, 0.25) is 5.91 Å². The zero-order valence-electron chi connectivity index (χ0n) is 14.6. The van der Waals surface area contributed by atoms with Gasteiger partial charge in [-0.25, -0.2) is 8.42 Å². The average Bonchev–Trinajstić information content (AvgIpc) is 2.89. The van der Waals surface area contributed by atoms with Crippen molar-refractivity contribution < 1.29 is 17.9 Å². The third-order valence-electron chi connectivity index (χ3n) is 5.44. The number of amides is 1. The fourth-order valence-electron chi connectivity index (χ4n) is 4.21. The van der Waals surface area contributed by atoms with E-state index in [1.165, 1.54) is 0 Å². The highest BCUT2D eigenvalue weighted by Gasteiger charge is 2.46. The molecule has 2 atom stereocenters. The zero-order chi connectivity index (χ0) is 18.2. The Balaban J connectivity index is 1.43. The van der Waals surface area contributed by atoms with Gasteiger partial charge in [0.15, 0.2) is 9.84 Å². The molecule has 2 fully saturated rings. The summed E-state index contributed by atoms with van der Waals surface area (Å²) < 4.78 is 29.5. The van der Waals surface area contributed by atoms with Crippen LogP contribution in [-0.2, 0) is 25.8 Å². The minimum absolute atomic E-state index is 0.0238. The quantitative estimate of drug-likeness (QED) is 0.896. The molecule has 0 radical (unpaired) electrons. The van der Waals surface area contributed by atoms with Crippen LogP contribution in [0.2, 0.25) is 0 Å². The number of rotatable bonds is 3. The summed E-state index contributed by atoms with van der Waals surface area (Å²) in [4.78, 5) is 12.6. The van der Waals surface area contributed by atoms with E-state index in [4.69, 9.17) is 4.74 Å². The molecule has 2 aliphatic heterocycles. The first-order valence-electron chi connectivity index (χ1n) is 9.05. The average molecular weight is 373 g/mol. The maximum Gasteiger partial charge on any atom is 0.224 e. The van der Waals surface area contributed by atoms with Crippen molar-refractivity contribution in [2.75, 3.05) is 18.1 Å². The lowest BCUT2D eigenvalue weighted by atomic mass is 9.89. The molecule has 4 rings (SSSR count). The first-order chi connectivity index (χ1) is 12.4. The lowest BCUT2D eigenvalue weighted by Crippen LogP contribution is -2.49. The van der Waals surface area contributed by atoms with Crippen LogP contribution in [0, 0.1) is 0 Å². The Bertz CT molecular complexity index is 934. The molecule has 0 aliphatic carbocycles. The molecule has 2 aromatic rings. The molecule has 0 aromatic heterocycles. The molecule has 1 spiro atoms. The summed E-state index contributed by atoms with van der Waals surface area (Å²) in [6.45, 7) is 0.495. The molecule has 1 N–H and O–H groups in total. The van der Waals surface area contributed by atoms with Crippen LogP contribution in [0.4, 0.5) is 0 Å². The Morgan fingerprint density at radius 3 is 2.81 bits per heavy atom. The van der Waals surface area contributed by atoms with Crippen molar-refractivity contribution in [1.29, 1.82) is 0 Å². The van der Waals surface area contributed by atoms with Crippen molar-refractivity contribution in [1.82, 2.24) is 5.32 Å². The van der Waals surface area contributed by atoms with E-state index in [1.54, 1.807) is 0 Å². The summed E-state index contributed by atoms with van der Waals surface area (Å²) in [5.74, 6) is 0.239. The molecule has 26 heavy (non-hydrogen) atoms. The Morgan fingerprint density at radius 2 is 2.00 bits per heavy atom. The van der Waals surface area contributed by atoms with Crippen LogP contribution in [0.3, 0.4) is 0 Å². The van der Waals surface area contributed by atoms with Crippen molar-refractivity contribution in [2.24, 2.45) is 0 Å². The van der Waals surface area contributed by atoms with Gasteiger partial charge in [0.05, 0.1) is 23.5 Å². The van der Waals surface area contributed by atoms with Gasteiger partial charge in [-0.1, -0.05) is 42.5 Å². The van der Waals surface area contributed by atoms with Crippen LogP contribution in [0.15, 0.2) is 42.5 Å². The van der Waals surface area contributed by atoms with Gasteiger partial charge in [-0.15, -0.1) is 0 Å². The van der Waals surface area contributed by atoms with Gasteiger partial charge >= 0.3 is 0 Å². The SMILES string of the molecule is O=C(Cc1cccc2ccccc12)NC1CCOC2(CCS(=O)(=O)C2)C1. The highest BCUT2D eigenvalue weighted by Crippen LogP contribution is 2.35. The van der Waals surface area contributed by atoms with E-state index in [0.717, 1.165) is 22.8 Å². The van der Waals surface area contributed by atoms with E-state index in [9.17, 15) is 13.2 Å². The van der Waals surface area contributed by atoms with Crippen LogP contribution in [0.5, 0.6) is 0 Å². The second-order valence-electron chi connectivity index (χ2n) is 7.45. The molecule has 6 heteroatoms. The van der Waals surface area contributed by atoms with Crippen molar-refractivity contribution >= 4 is 26.5 Å². The largest absolute Gasteiger partial charge is 0.374 e. The van der Waals surface area contributed by atoms with Gasteiger partial charge in [0.1, 0.15) is 0 Å². The van der Waals surface area contributed by atoms with Gasteiger partial charge in [-0.3, -0.25) is 4.79 Å². The molecular formula is C20H23NO4S. The van der Waals surface area contributed by atoms with Crippen LogP contribution < -0.4 is 5.32 Å². The molecule has 0 bridgehead atoms. The zero-order valence-corrected chi connectivity index (χ0v) is 15.4. The number of nitrogens with one attached hydrogen (secondary N) is 1. The van der Waals surface area contributed by atoms with E-state index in [2.05, 4.69) is 5.32 Å². The molecule has 138 valence electrons. The van der Waals surface area contributed by atoms with E-state index < -0.39 is 15.4 Å². The molecule has 5 nitrogen and oxygen atoms in total. The Hall–Kier alpha value is -1.92. The lowest BCUT2D eigenvalue weighted by molar-refractivity contribution is -0.123. The van der Waals surface area contributed by atoms with E-state index in [1.807, 2.05) is 42.5 Å². The normalized spacial score (nSPS) is 27.6. The second-order valence-corrected chi connectivity index (χ2v) is 9.63. The van der Waals surface area contributed by atoms with E-state index in [-0.39, 0.29) is 23.5 Å². The van der Waals surface area contributed by atoms with Crippen LogP contribution >= 0.6 is 0 Å². The first kappa shape index (κ1) is 17.5. The maximum atomic E-state index is 12.6. The predicted molar refractivity (Wildman–Crippen MR) is 101 cm³/mol. The van der Waals surface area contributed by atoms with E-state index in [0.29, 0.717) is 25.9 Å². The molecule has 1 amide bonds. The number of benzene rings is 2. The van der Waals surface area contributed by atoms with Crippen molar-refractivity contribution in [3.05, 3.63) is 48.0 Å². The fraction of sp³-hybridized carbons (Fsp3) is 0.450. The summed E-state index contributed by atoms with van der Waals surface area (Å²) in [6.07, 6.45) is 2.16. The third-order valence-corrected chi connectivity index (χ3v) is 7.23. The van der Waals surface area contributed by atoms with Gasteiger partial charge in [-0.05, 0) is 35.6 Å². The monoisotopic (exact) mass is 373 g/mol. The molecule has 2 saturated heterocycles.